The molecule has 3 aromatic rings. The molecule has 0 spiro atoms. The van der Waals surface area contributed by atoms with E-state index in [2.05, 4.69) is 32.3 Å². The van der Waals surface area contributed by atoms with Crippen LogP contribution in [0.5, 0.6) is 0 Å². The van der Waals surface area contributed by atoms with Gasteiger partial charge in [-0.1, -0.05) is 30.3 Å². The number of aromatic nitrogens is 2. The number of para-hydroxylation sites is 1. The maximum absolute atomic E-state index is 11.9. The van der Waals surface area contributed by atoms with Crippen LogP contribution in [0.1, 0.15) is 24.0 Å². The van der Waals surface area contributed by atoms with Crippen molar-refractivity contribution in [3.8, 4) is 0 Å². The molecule has 1 aliphatic rings. The maximum Gasteiger partial charge on any atom is 0.222 e. The number of nitrogens with zero attached hydrogens (tertiary/aromatic N) is 3. The predicted octanol–water partition coefficient (Wildman–Crippen LogP) is 3.43. The minimum absolute atomic E-state index is 0.253. The summed E-state index contributed by atoms with van der Waals surface area (Å²) in [5, 5.41) is 3.50. The lowest BCUT2D eigenvalue weighted by atomic mass is 10.1. The molecular formula is C18H18N4OS. The largest absolute Gasteiger partial charge is 0.381 e. The SMILES string of the molecule is O=C1CCCN1Cc1ccccc1NCc1cccc2nsnc12. The zero-order valence-corrected chi connectivity index (χ0v) is 14.1. The average Bonchev–Trinajstić information content (AvgIpc) is 3.23. The fraction of sp³-hybridized carbons (Fsp3) is 0.278. The second kappa shape index (κ2) is 6.57. The number of benzene rings is 2. The van der Waals surface area contributed by atoms with Gasteiger partial charge < -0.3 is 10.2 Å². The molecule has 1 amide bonds. The highest BCUT2D eigenvalue weighted by atomic mass is 32.1. The summed E-state index contributed by atoms with van der Waals surface area (Å²) in [5.41, 5.74) is 5.25. The lowest BCUT2D eigenvalue weighted by molar-refractivity contribution is -0.128. The van der Waals surface area contributed by atoms with Crippen molar-refractivity contribution in [2.75, 3.05) is 11.9 Å². The van der Waals surface area contributed by atoms with Crippen LogP contribution in [0.25, 0.3) is 11.0 Å². The third-order valence-corrected chi connectivity index (χ3v) is 4.93. The van der Waals surface area contributed by atoms with Gasteiger partial charge in [-0.3, -0.25) is 4.79 Å². The molecule has 6 heteroatoms. The third kappa shape index (κ3) is 2.97. The van der Waals surface area contributed by atoms with E-state index < -0.39 is 0 Å². The summed E-state index contributed by atoms with van der Waals surface area (Å²) in [7, 11) is 0. The van der Waals surface area contributed by atoms with Crippen LogP contribution in [0.3, 0.4) is 0 Å². The molecule has 0 bridgehead atoms. The summed E-state index contributed by atoms with van der Waals surface area (Å²) in [4.78, 5) is 13.8. The van der Waals surface area contributed by atoms with Gasteiger partial charge in [0.05, 0.1) is 11.7 Å². The van der Waals surface area contributed by atoms with Crippen molar-refractivity contribution in [2.24, 2.45) is 0 Å². The van der Waals surface area contributed by atoms with E-state index >= 15 is 0 Å². The molecule has 0 radical (unpaired) electrons. The van der Waals surface area contributed by atoms with Gasteiger partial charge in [-0.2, -0.15) is 8.75 Å². The molecule has 122 valence electrons. The van der Waals surface area contributed by atoms with Gasteiger partial charge in [0.15, 0.2) is 0 Å². The molecule has 5 nitrogen and oxygen atoms in total. The Kier molecular flexibility index (Phi) is 4.13. The molecule has 1 aromatic heterocycles. The highest BCUT2D eigenvalue weighted by Crippen LogP contribution is 2.23. The molecule has 1 N–H and O–H groups in total. The van der Waals surface area contributed by atoms with E-state index in [0.717, 1.165) is 40.8 Å². The Bertz CT molecular complexity index is 876. The smallest absolute Gasteiger partial charge is 0.222 e. The summed E-state index contributed by atoms with van der Waals surface area (Å²) < 4.78 is 8.67. The molecular weight excluding hydrogens is 320 g/mol. The lowest BCUT2D eigenvalue weighted by Crippen LogP contribution is -2.24. The van der Waals surface area contributed by atoms with Crippen LogP contribution in [0.15, 0.2) is 42.5 Å². The van der Waals surface area contributed by atoms with Gasteiger partial charge in [0, 0.05) is 37.3 Å². The van der Waals surface area contributed by atoms with Gasteiger partial charge >= 0.3 is 0 Å². The molecule has 0 atom stereocenters. The van der Waals surface area contributed by atoms with E-state index in [4.69, 9.17) is 0 Å². The number of carbonyl (C=O) groups is 1. The first-order chi connectivity index (χ1) is 11.8. The molecule has 1 saturated heterocycles. The molecule has 2 aromatic carbocycles. The molecule has 0 unspecified atom stereocenters. The van der Waals surface area contributed by atoms with Crippen molar-refractivity contribution in [1.29, 1.82) is 0 Å². The van der Waals surface area contributed by atoms with E-state index in [9.17, 15) is 4.79 Å². The van der Waals surface area contributed by atoms with E-state index in [1.165, 1.54) is 11.7 Å². The Morgan fingerprint density at radius 2 is 1.96 bits per heavy atom. The number of fused-ring (bicyclic) bond motifs is 1. The number of hydrogen-bond donors (Lipinski definition) is 1. The predicted molar refractivity (Wildman–Crippen MR) is 95.8 cm³/mol. The molecule has 2 heterocycles. The monoisotopic (exact) mass is 338 g/mol. The Hall–Kier alpha value is -2.47. The van der Waals surface area contributed by atoms with E-state index in [-0.39, 0.29) is 5.91 Å². The van der Waals surface area contributed by atoms with Gasteiger partial charge in [-0.05, 0) is 24.1 Å². The van der Waals surface area contributed by atoms with Gasteiger partial charge in [-0.25, -0.2) is 0 Å². The number of nitrogens with one attached hydrogen (secondary N) is 1. The van der Waals surface area contributed by atoms with Gasteiger partial charge in [-0.15, -0.1) is 0 Å². The Labute approximate surface area is 144 Å². The van der Waals surface area contributed by atoms with Crippen molar-refractivity contribution >= 4 is 34.4 Å². The van der Waals surface area contributed by atoms with Gasteiger partial charge in [0.1, 0.15) is 11.0 Å². The quantitative estimate of drug-likeness (QED) is 0.774. The fourth-order valence-electron chi connectivity index (χ4n) is 3.10. The van der Waals surface area contributed by atoms with Crippen LogP contribution in [0.2, 0.25) is 0 Å². The highest BCUT2D eigenvalue weighted by molar-refractivity contribution is 7.00. The molecule has 0 saturated carbocycles. The second-order valence-corrected chi connectivity index (χ2v) is 6.51. The van der Waals surface area contributed by atoms with Crippen molar-refractivity contribution in [3.05, 3.63) is 53.6 Å². The van der Waals surface area contributed by atoms with Gasteiger partial charge in [0.25, 0.3) is 0 Å². The van der Waals surface area contributed by atoms with E-state index in [1.807, 2.05) is 29.2 Å². The number of hydrogen-bond acceptors (Lipinski definition) is 5. The van der Waals surface area contributed by atoms with E-state index in [1.54, 1.807) is 0 Å². The van der Waals surface area contributed by atoms with Crippen LogP contribution in [0.4, 0.5) is 5.69 Å². The van der Waals surface area contributed by atoms with Crippen molar-refractivity contribution in [2.45, 2.75) is 25.9 Å². The maximum atomic E-state index is 11.9. The Morgan fingerprint density at radius 1 is 1.08 bits per heavy atom. The number of anilines is 1. The zero-order valence-electron chi connectivity index (χ0n) is 13.2. The average molecular weight is 338 g/mol. The zero-order chi connectivity index (χ0) is 16.4. The van der Waals surface area contributed by atoms with Crippen molar-refractivity contribution < 1.29 is 4.79 Å². The number of rotatable bonds is 5. The summed E-state index contributed by atoms with van der Waals surface area (Å²) in [5.74, 6) is 0.253. The summed E-state index contributed by atoms with van der Waals surface area (Å²) >= 11 is 1.24. The van der Waals surface area contributed by atoms with Crippen molar-refractivity contribution in [3.63, 3.8) is 0 Å². The molecule has 1 aliphatic heterocycles. The second-order valence-electron chi connectivity index (χ2n) is 5.98. The normalized spacial score (nSPS) is 14.5. The van der Waals surface area contributed by atoms with Gasteiger partial charge in [0.2, 0.25) is 5.91 Å². The summed E-state index contributed by atoms with van der Waals surface area (Å²) in [6.45, 7) is 2.22. The minimum Gasteiger partial charge on any atom is -0.381 e. The fourth-order valence-corrected chi connectivity index (χ4v) is 3.67. The first kappa shape index (κ1) is 15.1. The number of likely N-dealkylation sites (tertiary alicyclic amines) is 1. The first-order valence-electron chi connectivity index (χ1n) is 8.11. The summed E-state index contributed by atoms with van der Waals surface area (Å²) in [6, 6.07) is 14.2. The molecule has 4 rings (SSSR count). The molecule has 24 heavy (non-hydrogen) atoms. The third-order valence-electron chi connectivity index (χ3n) is 4.39. The topological polar surface area (TPSA) is 58.1 Å². The highest BCUT2D eigenvalue weighted by Gasteiger charge is 2.20. The number of carbonyl (C=O) groups excluding carboxylic acids is 1. The minimum atomic E-state index is 0.253. The summed E-state index contributed by atoms with van der Waals surface area (Å²) in [6.07, 6.45) is 1.64. The standard InChI is InChI=1S/C18H18N4OS/c23-17-9-4-10-22(17)12-14-5-1-2-7-15(14)19-11-13-6-3-8-16-18(13)21-24-20-16/h1-3,5-8,19H,4,9-12H2. The van der Waals surface area contributed by atoms with Crippen LogP contribution >= 0.6 is 11.7 Å². The van der Waals surface area contributed by atoms with Crippen LogP contribution in [0, 0.1) is 0 Å². The van der Waals surface area contributed by atoms with Crippen LogP contribution in [-0.2, 0) is 17.9 Å². The van der Waals surface area contributed by atoms with Crippen LogP contribution < -0.4 is 5.32 Å². The Balaban J connectivity index is 1.52. The number of amides is 1. The van der Waals surface area contributed by atoms with E-state index in [0.29, 0.717) is 19.5 Å². The molecule has 0 aliphatic carbocycles. The van der Waals surface area contributed by atoms with Crippen LogP contribution in [-0.4, -0.2) is 26.1 Å². The Morgan fingerprint density at radius 3 is 2.83 bits per heavy atom. The lowest BCUT2D eigenvalue weighted by Gasteiger charge is -2.19. The molecule has 1 fully saturated rings. The van der Waals surface area contributed by atoms with Crippen molar-refractivity contribution in [1.82, 2.24) is 13.6 Å². The first-order valence-corrected chi connectivity index (χ1v) is 8.84.